The Morgan fingerprint density at radius 1 is 1.18 bits per heavy atom. The Labute approximate surface area is 229 Å². The van der Waals surface area contributed by atoms with Crippen LogP contribution in [-0.2, 0) is 6.42 Å². The zero-order chi connectivity index (χ0) is 28.2. The topological polar surface area (TPSA) is 135 Å². The number of carbonyl (C=O) groups is 1. The van der Waals surface area contributed by atoms with E-state index in [0.717, 1.165) is 30.5 Å². The zero-order valence-electron chi connectivity index (χ0n) is 21.6. The minimum Gasteiger partial charge on any atom is -0.478 e. The summed E-state index contributed by atoms with van der Waals surface area (Å²) in [6.45, 7) is 3.82. The lowest BCUT2D eigenvalue weighted by molar-refractivity contribution is 0.0691. The molecule has 0 amide bonds. The van der Waals surface area contributed by atoms with E-state index in [4.69, 9.17) is 10.4 Å². The summed E-state index contributed by atoms with van der Waals surface area (Å²) in [5, 5.41) is 28.8. The Morgan fingerprint density at radius 2 is 2.00 bits per heavy atom. The monoisotopic (exact) mass is 536 g/mol. The fourth-order valence-corrected chi connectivity index (χ4v) is 5.08. The number of carboxylic acids is 1. The summed E-state index contributed by atoms with van der Waals surface area (Å²) >= 11 is 0. The number of anilines is 1. The highest BCUT2D eigenvalue weighted by Gasteiger charge is 2.38. The number of nitriles is 1. The minimum absolute atomic E-state index is 0.247. The number of aromatic nitrogens is 3. The van der Waals surface area contributed by atoms with Gasteiger partial charge in [0.05, 0.1) is 22.2 Å². The van der Waals surface area contributed by atoms with E-state index in [2.05, 4.69) is 43.3 Å². The third-order valence-corrected chi connectivity index (χ3v) is 7.00. The first-order valence-electron chi connectivity index (χ1n) is 12.7. The van der Waals surface area contributed by atoms with Crippen molar-refractivity contribution in [3.63, 3.8) is 0 Å². The van der Waals surface area contributed by atoms with Gasteiger partial charge in [0.15, 0.2) is 0 Å². The van der Waals surface area contributed by atoms with Crippen LogP contribution in [0.4, 0.5) is 10.2 Å². The SMILES string of the molecule is CC#Cc1ccc2c(=O)[nH]nc(Cc3ccc(F)c(C(=O)O)c3)c2c1.N#Cc1ccc(N2CC3CC2CN3)nc1. The third kappa shape index (κ3) is 5.53. The largest absolute Gasteiger partial charge is 0.478 e. The molecule has 2 bridgehead atoms. The molecule has 2 unspecified atom stereocenters. The molecule has 4 aromatic rings. The Hall–Kier alpha value is -5.06. The Balaban J connectivity index is 0.000000182. The first-order valence-corrected chi connectivity index (χ1v) is 12.7. The number of carboxylic acid groups (broad SMARTS) is 1. The molecule has 2 saturated heterocycles. The van der Waals surface area contributed by atoms with Gasteiger partial charge < -0.3 is 15.3 Å². The number of halogens is 1. The van der Waals surface area contributed by atoms with Crippen LogP contribution in [0.1, 0.15) is 46.1 Å². The van der Waals surface area contributed by atoms with Gasteiger partial charge in [0.1, 0.15) is 17.7 Å². The lowest BCUT2D eigenvalue weighted by Gasteiger charge is -2.28. The van der Waals surface area contributed by atoms with E-state index in [-0.39, 0.29) is 12.0 Å². The fraction of sp³-hybridized carbons (Fsp3) is 0.233. The molecule has 2 atom stereocenters. The maximum absolute atomic E-state index is 13.5. The van der Waals surface area contributed by atoms with E-state index in [0.29, 0.717) is 39.7 Å². The number of hydrogen-bond acceptors (Lipinski definition) is 7. The second-order valence-electron chi connectivity index (χ2n) is 9.59. The van der Waals surface area contributed by atoms with Crippen molar-refractivity contribution in [2.45, 2.75) is 31.8 Å². The molecule has 4 heterocycles. The number of fused-ring (bicyclic) bond motifs is 3. The maximum Gasteiger partial charge on any atom is 0.338 e. The molecule has 6 rings (SSSR count). The number of hydrogen-bond donors (Lipinski definition) is 3. The number of H-pyrrole nitrogens is 1. The summed E-state index contributed by atoms with van der Waals surface area (Å²) in [7, 11) is 0. The highest BCUT2D eigenvalue weighted by molar-refractivity contribution is 5.88. The molecule has 0 aliphatic carbocycles. The lowest BCUT2D eigenvalue weighted by Crippen LogP contribution is -2.43. The molecule has 9 nitrogen and oxygen atoms in total. The number of nitrogens with zero attached hydrogens (tertiary/aromatic N) is 4. The van der Waals surface area contributed by atoms with Crippen molar-refractivity contribution < 1.29 is 14.3 Å². The normalized spacial score (nSPS) is 17.0. The maximum atomic E-state index is 13.5. The van der Waals surface area contributed by atoms with E-state index in [9.17, 15) is 14.0 Å². The van der Waals surface area contributed by atoms with Gasteiger partial charge in [-0.25, -0.2) is 19.3 Å². The molecule has 2 aliphatic heterocycles. The van der Waals surface area contributed by atoms with Gasteiger partial charge in [0, 0.05) is 48.7 Å². The van der Waals surface area contributed by atoms with Crippen LogP contribution in [0.2, 0.25) is 0 Å². The molecule has 2 aromatic heterocycles. The van der Waals surface area contributed by atoms with Crippen LogP contribution in [0.3, 0.4) is 0 Å². The highest BCUT2D eigenvalue weighted by atomic mass is 19.1. The van der Waals surface area contributed by atoms with Crippen molar-refractivity contribution in [3.05, 3.63) is 98.8 Å². The summed E-state index contributed by atoms with van der Waals surface area (Å²) < 4.78 is 13.5. The van der Waals surface area contributed by atoms with Crippen LogP contribution >= 0.6 is 0 Å². The van der Waals surface area contributed by atoms with Crippen molar-refractivity contribution >= 4 is 22.6 Å². The Kier molecular flexibility index (Phi) is 7.54. The summed E-state index contributed by atoms with van der Waals surface area (Å²) in [5.41, 5.74) is 1.78. The molecule has 0 spiro atoms. The van der Waals surface area contributed by atoms with Gasteiger partial charge in [-0.15, -0.1) is 5.92 Å². The second kappa shape index (κ2) is 11.4. The first kappa shape index (κ1) is 26.5. The molecule has 2 aliphatic rings. The van der Waals surface area contributed by atoms with Gasteiger partial charge in [-0.1, -0.05) is 12.0 Å². The van der Waals surface area contributed by atoms with E-state index < -0.39 is 17.3 Å². The third-order valence-electron chi connectivity index (χ3n) is 7.00. The van der Waals surface area contributed by atoms with Crippen LogP contribution < -0.4 is 15.8 Å². The minimum atomic E-state index is -1.33. The van der Waals surface area contributed by atoms with E-state index in [1.807, 2.05) is 12.1 Å². The van der Waals surface area contributed by atoms with Crippen LogP contribution in [0.25, 0.3) is 10.8 Å². The molecule has 2 aromatic carbocycles. The summed E-state index contributed by atoms with van der Waals surface area (Å²) in [6, 6.07) is 16.2. The van der Waals surface area contributed by atoms with Gasteiger partial charge in [-0.3, -0.25) is 4.79 Å². The van der Waals surface area contributed by atoms with Crippen molar-refractivity contribution in [1.29, 1.82) is 5.26 Å². The number of aromatic carboxylic acids is 1. The van der Waals surface area contributed by atoms with Crippen LogP contribution in [-0.4, -0.2) is 51.4 Å². The molecule has 200 valence electrons. The summed E-state index contributed by atoms with van der Waals surface area (Å²) in [5.74, 6) is 4.59. The number of piperazine rings is 1. The average molecular weight is 537 g/mol. The Bertz CT molecular complexity index is 1750. The van der Waals surface area contributed by atoms with E-state index in [1.54, 1.807) is 31.3 Å². The van der Waals surface area contributed by atoms with Crippen molar-refractivity contribution in [3.8, 4) is 17.9 Å². The molecule has 40 heavy (non-hydrogen) atoms. The van der Waals surface area contributed by atoms with E-state index in [1.165, 1.54) is 18.6 Å². The number of pyridine rings is 1. The number of rotatable bonds is 4. The van der Waals surface area contributed by atoms with Gasteiger partial charge >= 0.3 is 5.97 Å². The molecule has 10 heteroatoms. The van der Waals surface area contributed by atoms with Crippen LogP contribution in [0.15, 0.2) is 59.5 Å². The highest BCUT2D eigenvalue weighted by Crippen LogP contribution is 2.27. The number of aromatic amines is 1. The second-order valence-corrected chi connectivity index (χ2v) is 9.59. The molecular formula is C30H25FN6O3. The molecule has 2 fully saturated rings. The molecule has 0 radical (unpaired) electrons. The fourth-order valence-electron chi connectivity index (χ4n) is 5.08. The van der Waals surface area contributed by atoms with Gasteiger partial charge in [0.2, 0.25) is 0 Å². The standard InChI is InChI=1S/C19H13FN2O3.C11H12N4/c1-2-3-11-4-6-13-14(8-11)17(21-22-18(13)23)10-12-5-7-16(20)15(9-12)19(24)25;12-4-8-1-2-11(14-5-8)15-7-9-3-10(15)6-13-9/h4-9H,10H2,1H3,(H,22,23)(H,24,25);1-2,5,9-10,13H,3,6-7H2. The van der Waals surface area contributed by atoms with Gasteiger partial charge in [0.25, 0.3) is 5.56 Å². The zero-order valence-corrected chi connectivity index (χ0v) is 21.6. The Morgan fingerprint density at radius 3 is 2.65 bits per heavy atom. The van der Waals surface area contributed by atoms with Crippen molar-refractivity contribution in [1.82, 2.24) is 20.5 Å². The smallest absolute Gasteiger partial charge is 0.338 e. The lowest BCUT2D eigenvalue weighted by atomic mass is 10.0. The number of nitrogens with one attached hydrogen (secondary N) is 2. The molecular weight excluding hydrogens is 511 g/mol. The van der Waals surface area contributed by atoms with Gasteiger partial charge in [-0.2, -0.15) is 10.4 Å². The summed E-state index contributed by atoms with van der Waals surface area (Å²) in [4.78, 5) is 29.7. The van der Waals surface area contributed by atoms with Crippen molar-refractivity contribution in [2.75, 3.05) is 18.0 Å². The number of benzene rings is 2. The quantitative estimate of drug-likeness (QED) is 0.339. The van der Waals surface area contributed by atoms with Crippen molar-refractivity contribution in [2.24, 2.45) is 0 Å². The first-order chi connectivity index (χ1) is 19.4. The molecule has 3 N–H and O–H groups in total. The van der Waals surface area contributed by atoms with E-state index >= 15 is 0 Å². The predicted octanol–water partition coefficient (Wildman–Crippen LogP) is 3.23. The predicted molar refractivity (Wildman–Crippen MR) is 148 cm³/mol. The van der Waals surface area contributed by atoms with Crippen LogP contribution in [0, 0.1) is 29.0 Å². The van der Waals surface area contributed by atoms with Gasteiger partial charge in [-0.05, 0) is 61.4 Å². The average Bonchev–Trinajstić information content (AvgIpc) is 3.60. The van der Waals surface area contributed by atoms with Crippen LogP contribution in [0.5, 0.6) is 0 Å². The molecule has 0 saturated carbocycles. The summed E-state index contributed by atoms with van der Waals surface area (Å²) in [6.07, 6.45) is 3.12.